The van der Waals surface area contributed by atoms with Gasteiger partial charge in [-0.05, 0) is 55.4 Å². The van der Waals surface area contributed by atoms with Gasteiger partial charge in [0.05, 0.1) is 5.60 Å². The van der Waals surface area contributed by atoms with Gasteiger partial charge < -0.3 is 14.7 Å². The maximum atomic E-state index is 12.7. The van der Waals surface area contributed by atoms with E-state index < -0.39 is 5.60 Å². The zero-order valence-corrected chi connectivity index (χ0v) is 16.3. The van der Waals surface area contributed by atoms with Crippen molar-refractivity contribution in [2.24, 2.45) is 5.92 Å². The third-order valence-corrected chi connectivity index (χ3v) is 6.07. The van der Waals surface area contributed by atoms with Gasteiger partial charge in [-0.15, -0.1) is 0 Å². The minimum atomic E-state index is -0.483. The SMILES string of the molecule is O=C(CCc1cccc(OCc2ccccc2)c1)N1CCCC(C2(O)CC2)C1. The number of rotatable bonds is 7. The van der Waals surface area contributed by atoms with Crippen molar-refractivity contribution in [3.8, 4) is 5.75 Å². The van der Waals surface area contributed by atoms with Crippen LogP contribution in [0.3, 0.4) is 0 Å². The lowest BCUT2D eigenvalue weighted by atomic mass is 9.90. The van der Waals surface area contributed by atoms with Crippen molar-refractivity contribution in [3.63, 3.8) is 0 Å². The third-order valence-electron chi connectivity index (χ3n) is 6.07. The van der Waals surface area contributed by atoms with Gasteiger partial charge in [-0.25, -0.2) is 0 Å². The third kappa shape index (κ3) is 4.74. The molecule has 0 bridgehead atoms. The first-order chi connectivity index (χ1) is 13.6. The molecule has 1 atom stereocenters. The smallest absolute Gasteiger partial charge is 0.222 e. The lowest BCUT2D eigenvalue weighted by molar-refractivity contribution is -0.134. The number of nitrogens with zero attached hydrogens (tertiary/aromatic N) is 1. The zero-order chi connectivity index (χ0) is 19.4. The molecule has 2 aliphatic rings. The van der Waals surface area contributed by atoms with Crippen LogP contribution in [0, 0.1) is 5.92 Å². The molecule has 0 spiro atoms. The van der Waals surface area contributed by atoms with Crippen LogP contribution in [0.2, 0.25) is 0 Å². The van der Waals surface area contributed by atoms with E-state index in [0.717, 1.165) is 55.6 Å². The predicted octanol–water partition coefficient (Wildman–Crippen LogP) is 3.96. The lowest BCUT2D eigenvalue weighted by Gasteiger charge is -2.35. The highest BCUT2D eigenvalue weighted by atomic mass is 16.5. The van der Waals surface area contributed by atoms with Gasteiger partial charge in [0.1, 0.15) is 12.4 Å². The Morgan fingerprint density at radius 2 is 1.89 bits per heavy atom. The molecule has 1 saturated heterocycles. The maximum Gasteiger partial charge on any atom is 0.222 e. The molecule has 1 aliphatic heterocycles. The topological polar surface area (TPSA) is 49.8 Å². The van der Waals surface area contributed by atoms with Crippen molar-refractivity contribution >= 4 is 5.91 Å². The molecular weight excluding hydrogens is 350 g/mol. The number of likely N-dealkylation sites (tertiary alicyclic amines) is 1. The number of carbonyl (C=O) groups excluding carboxylic acids is 1. The molecule has 1 saturated carbocycles. The molecule has 1 N–H and O–H groups in total. The normalized spacial score (nSPS) is 20.6. The quantitative estimate of drug-likeness (QED) is 0.792. The van der Waals surface area contributed by atoms with Crippen molar-refractivity contribution in [1.29, 1.82) is 0 Å². The van der Waals surface area contributed by atoms with Crippen LogP contribution in [0.1, 0.15) is 43.2 Å². The number of aryl methyl sites for hydroxylation is 1. The van der Waals surface area contributed by atoms with Gasteiger partial charge in [-0.3, -0.25) is 4.79 Å². The van der Waals surface area contributed by atoms with E-state index in [9.17, 15) is 9.90 Å². The van der Waals surface area contributed by atoms with Crippen LogP contribution in [-0.2, 0) is 17.8 Å². The van der Waals surface area contributed by atoms with Crippen LogP contribution >= 0.6 is 0 Å². The van der Waals surface area contributed by atoms with E-state index in [1.54, 1.807) is 0 Å². The summed E-state index contributed by atoms with van der Waals surface area (Å²) in [5.74, 6) is 1.30. The summed E-state index contributed by atoms with van der Waals surface area (Å²) < 4.78 is 5.89. The highest BCUT2D eigenvalue weighted by molar-refractivity contribution is 5.76. The van der Waals surface area contributed by atoms with E-state index in [4.69, 9.17) is 4.74 Å². The van der Waals surface area contributed by atoms with Crippen molar-refractivity contribution in [2.45, 2.75) is 50.7 Å². The van der Waals surface area contributed by atoms with Gasteiger partial charge >= 0.3 is 0 Å². The van der Waals surface area contributed by atoms with Crippen LogP contribution in [0.4, 0.5) is 0 Å². The molecule has 28 heavy (non-hydrogen) atoms. The number of carbonyl (C=O) groups is 1. The van der Waals surface area contributed by atoms with Gasteiger partial charge in [0.2, 0.25) is 5.91 Å². The van der Waals surface area contributed by atoms with Crippen molar-refractivity contribution < 1.29 is 14.6 Å². The largest absolute Gasteiger partial charge is 0.489 e. The fourth-order valence-corrected chi connectivity index (χ4v) is 4.12. The summed E-state index contributed by atoms with van der Waals surface area (Å²) >= 11 is 0. The minimum absolute atomic E-state index is 0.199. The number of hydrogen-bond donors (Lipinski definition) is 1. The summed E-state index contributed by atoms with van der Waals surface area (Å²) in [4.78, 5) is 14.6. The number of hydrogen-bond acceptors (Lipinski definition) is 3. The molecule has 4 heteroatoms. The van der Waals surface area contributed by atoms with Crippen molar-refractivity contribution in [3.05, 3.63) is 65.7 Å². The zero-order valence-electron chi connectivity index (χ0n) is 16.3. The Balaban J connectivity index is 1.28. The number of piperidine rings is 1. The lowest BCUT2D eigenvalue weighted by Crippen LogP contribution is -2.44. The summed E-state index contributed by atoms with van der Waals surface area (Å²) in [6.07, 6.45) is 5.06. The van der Waals surface area contributed by atoms with Crippen LogP contribution in [0.15, 0.2) is 54.6 Å². The molecule has 4 rings (SSSR count). The van der Waals surface area contributed by atoms with Crippen LogP contribution in [-0.4, -0.2) is 34.6 Å². The highest BCUT2D eigenvalue weighted by Crippen LogP contribution is 2.45. The first kappa shape index (κ1) is 19.0. The number of benzene rings is 2. The van der Waals surface area contributed by atoms with Gasteiger partial charge in [0.25, 0.3) is 0 Å². The van der Waals surface area contributed by atoms with E-state index in [-0.39, 0.29) is 11.8 Å². The Hall–Kier alpha value is -2.33. The molecule has 1 amide bonds. The minimum Gasteiger partial charge on any atom is -0.489 e. The van der Waals surface area contributed by atoms with Crippen molar-refractivity contribution in [1.82, 2.24) is 4.90 Å². The second-order valence-electron chi connectivity index (χ2n) is 8.20. The standard InChI is InChI=1S/C24H29NO3/c26-23(25-15-5-9-21(17-25)24(27)13-14-24)12-11-19-8-4-10-22(16-19)28-18-20-6-2-1-3-7-20/h1-4,6-8,10,16,21,27H,5,9,11-15,17-18H2. The molecular formula is C24H29NO3. The monoisotopic (exact) mass is 379 g/mol. The Morgan fingerprint density at radius 1 is 1.11 bits per heavy atom. The molecule has 148 valence electrons. The molecule has 1 unspecified atom stereocenters. The molecule has 2 aromatic rings. The molecule has 2 fully saturated rings. The van der Waals surface area contributed by atoms with E-state index in [1.165, 1.54) is 0 Å². The molecule has 1 heterocycles. The molecule has 0 aromatic heterocycles. The summed E-state index contributed by atoms with van der Waals surface area (Å²) in [6, 6.07) is 18.1. The number of aliphatic hydroxyl groups is 1. The van der Waals surface area contributed by atoms with E-state index in [2.05, 4.69) is 6.07 Å². The summed E-state index contributed by atoms with van der Waals surface area (Å²) in [5.41, 5.74) is 1.77. The van der Waals surface area contributed by atoms with E-state index in [0.29, 0.717) is 19.4 Å². The molecule has 2 aromatic carbocycles. The summed E-state index contributed by atoms with van der Waals surface area (Å²) in [7, 11) is 0. The fourth-order valence-electron chi connectivity index (χ4n) is 4.12. The predicted molar refractivity (Wildman–Crippen MR) is 109 cm³/mol. The van der Waals surface area contributed by atoms with Gasteiger partial charge in [-0.2, -0.15) is 0 Å². The number of amides is 1. The average molecular weight is 380 g/mol. The van der Waals surface area contributed by atoms with Gasteiger partial charge in [0, 0.05) is 25.4 Å². The molecule has 4 nitrogen and oxygen atoms in total. The second kappa shape index (κ2) is 8.36. The maximum absolute atomic E-state index is 12.7. The van der Waals surface area contributed by atoms with Crippen LogP contribution in [0.5, 0.6) is 5.75 Å². The Morgan fingerprint density at radius 3 is 2.68 bits per heavy atom. The molecule has 1 aliphatic carbocycles. The van der Waals surface area contributed by atoms with Gasteiger partial charge in [0.15, 0.2) is 0 Å². The van der Waals surface area contributed by atoms with Crippen LogP contribution in [0.25, 0.3) is 0 Å². The highest BCUT2D eigenvalue weighted by Gasteiger charge is 2.48. The first-order valence-electron chi connectivity index (χ1n) is 10.4. The average Bonchev–Trinajstić information content (AvgIpc) is 3.50. The first-order valence-corrected chi connectivity index (χ1v) is 10.4. The number of ether oxygens (including phenoxy) is 1. The Bertz CT molecular complexity index is 801. The summed E-state index contributed by atoms with van der Waals surface area (Å²) in [5, 5.41) is 10.4. The molecule has 0 radical (unpaired) electrons. The van der Waals surface area contributed by atoms with Crippen LogP contribution < -0.4 is 4.74 Å². The van der Waals surface area contributed by atoms with Crippen molar-refractivity contribution in [2.75, 3.05) is 13.1 Å². The Labute approximate surface area is 167 Å². The second-order valence-corrected chi connectivity index (χ2v) is 8.20. The van der Waals surface area contributed by atoms with E-state index >= 15 is 0 Å². The van der Waals surface area contributed by atoms with E-state index in [1.807, 2.05) is 53.4 Å². The Kier molecular flexibility index (Phi) is 5.67. The summed E-state index contributed by atoms with van der Waals surface area (Å²) in [6.45, 7) is 2.09. The fraction of sp³-hybridized carbons (Fsp3) is 0.458. The van der Waals surface area contributed by atoms with Gasteiger partial charge in [-0.1, -0.05) is 42.5 Å².